The number of para-hydroxylation sites is 2. The molecule has 0 atom stereocenters. The molecule has 0 aliphatic rings. The normalized spacial score (nSPS) is 11.4. The van der Waals surface area contributed by atoms with E-state index in [1.165, 1.54) is 10.8 Å². The van der Waals surface area contributed by atoms with Crippen molar-refractivity contribution in [3.05, 3.63) is 99.4 Å². The summed E-state index contributed by atoms with van der Waals surface area (Å²) in [5.74, 6) is 0.0394. The zero-order valence-corrected chi connectivity index (χ0v) is 18.0. The Morgan fingerprint density at radius 3 is 2.44 bits per heavy atom. The Morgan fingerprint density at radius 1 is 1.03 bits per heavy atom. The second-order valence-electron chi connectivity index (χ2n) is 7.42. The zero-order valence-electron chi connectivity index (χ0n) is 18.0. The minimum absolute atomic E-state index is 0.0326. The Labute approximate surface area is 184 Å². The van der Waals surface area contributed by atoms with Crippen LogP contribution < -0.4 is 10.9 Å². The number of nitriles is 1. The van der Waals surface area contributed by atoms with Gasteiger partial charge >= 0.3 is 0 Å². The molecule has 0 spiro atoms. The molecule has 0 fully saturated rings. The van der Waals surface area contributed by atoms with Gasteiger partial charge in [-0.1, -0.05) is 30.3 Å². The average Bonchev–Trinajstić information content (AvgIpc) is 3.06. The Kier molecular flexibility index (Phi) is 5.44. The molecule has 4 aromatic rings. The lowest BCUT2D eigenvalue weighted by atomic mass is 10.1. The Morgan fingerprint density at radius 2 is 1.72 bits per heavy atom. The van der Waals surface area contributed by atoms with Crippen LogP contribution in [0.5, 0.6) is 0 Å². The lowest BCUT2D eigenvalue weighted by Gasteiger charge is -2.16. The van der Waals surface area contributed by atoms with Crippen LogP contribution in [-0.2, 0) is 4.79 Å². The number of amides is 1. The molecule has 0 aliphatic heterocycles. The highest BCUT2D eigenvalue weighted by molar-refractivity contribution is 6.09. The van der Waals surface area contributed by atoms with Crippen LogP contribution in [0.4, 0.5) is 5.69 Å². The highest BCUT2D eigenvalue weighted by atomic mass is 16.2. The molecule has 32 heavy (non-hydrogen) atoms. The summed E-state index contributed by atoms with van der Waals surface area (Å²) in [5, 5.41) is 12.8. The molecule has 158 valence electrons. The molecule has 4 rings (SSSR count). The van der Waals surface area contributed by atoms with Crippen molar-refractivity contribution in [1.29, 1.82) is 5.26 Å². The van der Waals surface area contributed by atoms with Gasteiger partial charge in [0.1, 0.15) is 17.5 Å². The van der Waals surface area contributed by atoms with Crippen LogP contribution in [0.25, 0.3) is 17.0 Å². The monoisotopic (exact) mass is 423 g/mol. The SMILES string of the molecule is Cc1cc(C=C(C#N)C(=O)Nc2ccccc2)c(C)n1-n1c(C)nc2ccccc2c1=O. The number of carbonyl (C=O) groups excluding carboxylic acids is 1. The molecular weight excluding hydrogens is 402 g/mol. The van der Waals surface area contributed by atoms with Gasteiger partial charge in [-0.05, 0) is 62.7 Å². The van der Waals surface area contributed by atoms with Gasteiger partial charge in [-0.25, -0.2) is 4.98 Å². The minimum Gasteiger partial charge on any atom is -0.321 e. The summed E-state index contributed by atoms with van der Waals surface area (Å²) in [7, 11) is 0. The second kappa shape index (κ2) is 8.36. The number of aryl methyl sites for hydroxylation is 2. The van der Waals surface area contributed by atoms with E-state index in [2.05, 4.69) is 10.3 Å². The number of hydrogen-bond donors (Lipinski definition) is 1. The van der Waals surface area contributed by atoms with E-state index in [1.807, 2.05) is 44.2 Å². The number of nitrogens with one attached hydrogen (secondary N) is 1. The molecular formula is C25H21N5O2. The molecule has 0 radical (unpaired) electrons. The number of fused-ring (bicyclic) bond motifs is 1. The van der Waals surface area contributed by atoms with Crippen molar-refractivity contribution >= 4 is 28.6 Å². The molecule has 0 aliphatic carbocycles. The lowest BCUT2D eigenvalue weighted by molar-refractivity contribution is -0.112. The van der Waals surface area contributed by atoms with Crippen molar-refractivity contribution in [3.63, 3.8) is 0 Å². The molecule has 0 bridgehead atoms. The van der Waals surface area contributed by atoms with Crippen molar-refractivity contribution in [3.8, 4) is 6.07 Å². The fourth-order valence-corrected chi connectivity index (χ4v) is 3.73. The fraction of sp³-hybridized carbons (Fsp3) is 0.120. The summed E-state index contributed by atoms with van der Waals surface area (Å²) in [6.07, 6.45) is 1.53. The largest absolute Gasteiger partial charge is 0.321 e. The van der Waals surface area contributed by atoms with E-state index in [9.17, 15) is 14.9 Å². The molecule has 0 saturated heterocycles. The second-order valence-corrected chi connectivity index (χ2v) is 7.42. The summed E-state index contributed by atoms with van der Waals surface area (Å²) in [6, 6.07) is 20.0. The molecule has 7 heteroatoms. The van der Waals surface area contributed by atoms with Crippen molar-refractivity contribution in [2.24, 2.45) is 0 Å². The highest BCUT2D eigenvalue weighted by Gasteiger charge is 2.17. The number of rotatable bonds is 4. The quantitative estimate of drug-likeness (QED) is 0.397. The fourth-order valence-electron chi connectivity index (χ4n) is 3.73. The first-order chi connectivity index (χ1) is 15.4. The van der Waals surface area contributed by atoms with Crippen molar-refractivity contribution in [1.82, 2.24) is 14.3 Å². The van der Waals surface area contributed by atoms with E-state index in [4.69, 9.17) is 0 Å². The van der Waals surface area contributed by atoms with Crippen LogP contribution in [0, 0.1) is 32.1 Å². The topological polar surface area (TPSA) is 92.7 Å². The smallest absolute Gasteiger partial charge is 0.280 e. The maximum Gasteiger partial charge on any atom is 0.280 e. The van der Waals surface area contributed by atoms with Gasteiger partial charge in [-0.3, -0.25) is 14.3 Å². The third kappa shape index (κ3) is 3.70. The van der Waals surface area contributed by atoms with Crippen LogP contribution in [0.1, 0.15) is 22.8 Å². The average molecular weight is 423 g/mol. The molecule has 7 nitrogen and oxygen atoms in total. The van der Waals surface area contributed by atoms with Gasteiger partial charge < -0.3 is 5.32 Å². The van der Waals surface area contributed by atoms with E-state index in [0.29, 0.717) is 33.7 Å². The Balaban J connectivity index is 1.79. The molecule has 0 saturated carbocycles. The number of carbonyl (C=O) groups is 1. The molecule has 2 heterocycles. The number of benzene rings is 2. The van der Waals surface area contributed by atoms with Crippen LogP contribution in [-0.4, -0.2) is 20.2 Å². The van der Waals surface area contributed by atoms with E-state index in [0.717, 1.165) is 5.69 Å². The van der Waals surface area contributed by atoms with E-state index < -0.39 is 5.91 Å². The maximum absolute atomic E-state index is 13.2. The van der Waals surface area contributed by atoms with Crippen LogP contribution in [0.2, 0.25) is 0 Å². The van der Waals surface area contributed by atoms with Gasteiger partial charge in [0, 0.05) is 17.1 Å². The summed E-state index contributed by atoms with van der Waals surface area (Å²) in [6.45, 7) is 5.47. The Bertz CT molecular complexity index is 1470. The molecule has 2 aromatic carbocycles. The van der Waals surface area contributed by atoms with Gasteiger partial charge in [-0.2, -0.15) is 9.94 Å². The van der Waals surface area contributed by atoms with Gasteiger partial charge in [0.25, 0.3) is 11.5 Å². The number of hydrogen-bond acceptors (Lipinski definition) is 4. The maximum atomic E-state index is 13.2. The number of nitrogens with zero attached hydrogens (tertiary/aromatic N) is 4. The molecule has 1 amide bonds. The molecule has 0 unspecified atom stereocenters. The Hall–Kier alpha value is -4.44. The standard InChI is InChI=1S/C25H21N5O2/c1-16-13-19(14-20(15-26)24(31)28-21-9-5-4-6-10-21)17(2)29(16)30-18(3)27-23-12-8-7-11-22(23)25(30)32/h4-14H,1-3H3,(H,28,31). The summed E-state index contributed by atoms with van der Waals surface area (Å²) in [4.78, 5) is 30.4. The van der Waals surface area contributed by atoms with Gasteiger partial charge in [0.15, 0.2) is 0 Å². The van der Waals surface area contributed by atoms with Crippen LogP contribution in [0.3, 0.4) is 0 Å². The van der Waals surface area contributed by atoms with E-state index in [-0.39, 0.29) is 11.1 Å². The summed E-state index contributed by atoms with van der Waals surface area (Å²) < 4.78 is 3.27. The predicted molar refractivity (Wildman–Crippen MR) is 124 cm³/mol. The third-order valence-electron chi connectivity index (χ3n) is 5.25. The first-order valence-corrected chi connectivity index (χ1v) is 10.1. The first kappa shape index (κ1) is 20.8. The van der Waals surface area contributed by atoms with E-state index >= 15 is 0 Å². The highest BCUT2D eigenvalue weighted by Crippen LogP contribution is 2.20. The van der Waals surface area contributed by atoms with Gasteiger partial charge in [0.2, 0.25) is 0 Å². The summed E-state index contributed by atoms with van der Waals surface area (Å²) >= 11 is 0. The zero-order chi connectivity index (χ0) is 22.8. The summed E-state index contributed by atoms with van der Waals surface area (Å²) in [5.41, 5.74) is 3.18. The minimum atomic E-state index is -0.496. The van der Waals surface area contributed by atoms with Crippen molar-refractivity contribution in [2.45, 2.75) is 20.8 Å². The lowest BCUT2D eigenvalue weighted by Crippen LogP contribution is -2.30. The van der Waals surface area contributed by atoms with Crippen LogP contribution >= 0.6 is 0 Å². The molecule has 2 aromatic heterocycles. The first-order valence-electron chi connectivity index (χ1n) is 10.1. The van der Waals surface area contributed by atoms with E-state index in [1.54, 1.807) is 48.0 Å². The van der Waals surface area contributed by atoms with Crippen molar-refractivity contribution in [2.75, 3.05) is 5.32 Å². The number of anilines is 1. The van der Waals surface area contributed by atoms with Gasteiger partial charge in [0.05, 0.1) is 10.9 Å². The van der Waals surface area contributed by atoms with Gasteiger partial charge in [-0.15, -0.1) is 0 Å². The van der Waals surface area contributed by atoms with Crippen molar-refractivity contribution < 1.29 is 4.79 Å². The number of aromatic nitrogens is 3. The predicted octanol–water partition coefficient (Wildman–Crippen LogP) is 3.98. The molecule has 1 N–H and O–H groups in total. The van der Waals surface area contributed by atoms with Crippen LogP contribution in [0.15, 0.2) is 71.0 Å². The third-order valence-corrected chi connectivity index (χ3v) is 5.25.